The van der Waals surface area contributed by atoms with Gasteiger partial charge in [-0.05, 0) is 46.6 Å². The number of allylic oxidation sites excluding steroid dienone is 1. The number of unbranched alkanes of at least 4 members (excludes halogenated alkanes) is 7. The summed E-state index contributed by atoms with van der Waals surface area (Å²) in [6.07, 6.45) is 14.2. The Labute approximate surface area is 120 Å². The predicted molar refractivity (Wildman–Crippen MR) is 83.2 cm³/mol. The Hall–Kier alpha value is -0.500. The molecule has 0 saturated heterocycles. The van der Waals surface area contributed by atoms with Crippen molar-refractivity contribution in [1.82, 2.24) is 0 Å². The summed E-state index contributed by atoms with van der Waals surface area (Å²) in [6, 6.07) is 0. The summed E-state index contributed by atoms with van der Waals surface area (Å²) in [5, 5.41) is 9.93. The number of aliphatic hydroxyl groups is 1. The van der Waals surface area contributed by atoms with Crippen LogP contribution in [-0.4, -0.2) is 16.3 Å². The van der Waals surface area contributed by atoms with Crippen LogP contribution in [0.15, 0.2) is 12.3 Å². The molecule has 19 heavy (non-hydrogen) atoms. The molecule has 0 radical (unpaired) electrons. The molecule has 0 heterocycles. The Balaban J connectivity index is 3.55. The van der Waals surface area contributed by atoms with Crippen LogP contribution in [0.2, 0.25) is 0 Å². The molecule has 114 valence electrons. The number of hydrogen-bond acceptors (Lipinski definition) is 2. The van der Waals surface area contributed by atoms with Gasteiger partial charge in [0.1, 0.15) is 5.60 Å². The fourth-order valence-electron chi connectivity index (χ4n) is 1.65. The minimum Gasteiger partial charge on any atom is -0.493 e. The zero-order valence-electron chi connectivity index (χ0n) is 13.7. The summed E-state index contributed by atoms with van der Waals surface area (Å²) >= 11 is 0. The van der Waals surface area contributed by atoms with Crippen LogP contribution in [0, 0.1) is 0 Å². The minimum atomic E-state index is -0.837. The van der Waals surface area contributed by atoms with Crippen LogP contribution >= 0.6 is 0 Å². The minimum absolute atomic E-state index is 0.552. The standard InChI is InChI=1S/C17H34O2/c1-6-7-8-9-10-11-12-13-14-15-19-17(4,5)16(2,3)18/h14-15,18H,6-13H2,1-5H3. The van der Waals surface area contributed by atoms with Gasteiger partial charge in [0.15, 0.2) is 0 Å². The molecule has 0 aromatic carbocycles. The number of rotatable bonds is 11. The largest absolute Gasteiger partial charge is 0.493 e. The van der Waals surface area contributed by atoms with Crippen LogP contribution in [-0.2, 0) is 4.74 Å². The second kappa shape index (κ2) is 9.41. The molecule has 0 amide bonds. The molecular weight excluding hydrogens is 236 g/mol. The van der Waals surface area contributed by atoms with Crippen molar-refractivity contribution in [2.45, 2.75) is 97.2 Å². The first-order chi connectivity index (χ1) is 8.81. The van der Waals surface area contributed by atoms with Crippen LogP contribution in [0.25, 0.3) is 0 Å². The first-order valence-corrected chi connectivity index (χ1v) is 7.86. The van der Waals surface area contributed by atoms with E-state index < -0.39 is 11.2 Å². The molecule has 0 fully saturated rings. The third-order valence-electron chi connectivity index (χ3n) is 3.91. The first-order valence-electron chi connectivity index (χ1n) is 7.86. The van der Waals surface area contributed by atoms with Gasteiger partial charge in [0.2, 0.25) is 0 Å². The molecule has 0 aliphatic heterocycles. The van der Waals surface area contributed by atoms with Gasteiger partial charge in [-0.3, -0.25) is 0 Å². The van der Waals surface area contributed by atoms with Crippen molar-refractivity contribution < 1.29 is 9.84 Å². The molecule has 0 unspecified atom stereocenters. The van der Waals surface area contributed by atoms with Gasteiger partial charge >= 0.3 is 0 Å². The van der Waals surface area contributed by atoms with Crippen LogP contribution in [0.1, 0.15) is 86.0 Å². The van der Waals surface area contributed by atoms with Gasteiger partial charge in [-0.15, -0.1) is 0 Å². The molecule has 1 N–H and O–H groups in total. The molecule has 2 heteroatoms. The van der Waals surface area contributed by atoms with Gasteiger partial charge in [0.25, 0.3) is 0 Å². The van der Waals surface area contributed by atoms with Gasteiger partial charge < -0.3 is 9.84 Å². The number of ether oxygens (including phenoxy) is 1. The van der Waals surface area contributed by atoms with E-state index >= 15 is 0 Å². The van der Waals surface area contributed by atoms with E-state index in [2.05, 4.69) is 13.0 Å². The zero-order valence-corrected chi connectivity index (χ0v) is 13.7. The molecule has 0 bridgehead atoms. The summed E-state index contributed by atoms with van der Waals surface area (Å²) in [6.45, 7) is 9.62. The summed E-state index contributed by atoms with van der Waals surface area (Å²) < 4.78 is 5.62. The van der Waals surface area contributed by atoms with Crippen LogP contribution in [0.5, 0.6) is 0 Å². The average Bonchev–Trinajstić information content (AvgIpc) is 2.30. The van der Waals surface area contributed by atoms with E-state index in [1.165, 1.54) is 44.9 Å². The zero-order chi connectivity index (χ0) is 14.8. The van der Waals surface area contributed by atoms with E-state index in [4.69, 9.17) is 4.74 Å². The van der Waals surface area contributed by atoms with Crippen molar-refractivity contribution >= 4 is 0 Å². The Kier molecular flexibility index (Phi) is 9.16. The Morgan fingerprint density at radius 3 is 1.95 bits per heavy atom. The summed E-state index contributed by atoms with van der Waals surface area (Å²) in [4.78, 5) is 0. The van der Waals surface area contributed by atoms with E-state index in [0.29, 0.717) is 0 Å². The predicted octanol–water partition coefficient (Wildman–Crippen LogP) is 5.21. The highest BCUT2D eigenvalue weighted by Crippen LogP contribution is 2.25. The van der Waals surface area contributed by atoms with Gasteiger partial charge in [-0.2, -0.15) is 0 Å². The van der Waals surface area contributed by atoms with Crippen molar-refractivity contribution in [2.24, 2.45) is 0 Å². The second-order valence-corrected chi connectivity index (χ2v) is 6.47. The maximum Gasteiger partial charge on any atom is 0.130 e. The molecule has 0 aromatic rings. The van der Waals surface area contributed by atoms with Gasteiger partial charge in [-0.1, -0.05) is 45.4 Å². The van der Waals surface area contributed by atoms with Gasteiger partial charge in [0, 0.05) is 0 Å². The van der Waals surface area contributed by atoms with Crippen LogP contribution < -0.4 is 0 Å². The Morgan fingerprint density at radius 1 is 0.895 bits per heavy atom. The highest BCUT2D eigenvalue weighted by molar-refractivity contribution is 4.90. The van der Waals surface area contributed by atoms with E-state index in [1.807, 2.05) is 13.8 Å². The lowest BCUT2D eigenvalue weighted by Crippen LogP contribution is -2.46. The van der Waals surface area contributed by atoms with Gasteiger partial charge in [-0.25, -0.2) is 0 Å². The maximum atomic E-state index is 9.93. The summed E-state index contributed by atoms with van der Waals surface area (Å²) in [7, 11) is 0. The molecular formula is C17H34O2. The highest BCUT2D eigenvalue weighted by Gasteiger charge is 2.36. The second-order valence-electron chi connectivity index (χ2n) is 6.47. The monoisotopic (exact) mass is 270 g/mol. The third kappa shape index (κ3) is 9.10. The lowest BCUT2D eigenvalue weighted by atomic mass is 9.90. The Bertz CT molecular complexity index is 236. The average molecular weight is 270 g/mol. The summed E-state index contributed by atoms with van der Waals surface area (Å²) in [5.41, 5.74) is -1.39. The van der Waals surface area contributed by atoms with Crippen molar-refractivity contribution in [2.75, 3.05) is 0 Å². The van der Waals surface area contributed by atoms with Crippen molar-refractivity contribution in [1.29, 1.82) is 0 Å². The normalized spacial score (nSPS) is 13.2. The molecule has 0 rings (SSSR count). The third-order valence-corrected chi connectivity index (χ3v) is 3.91. The van der Waals surface area contributed by atoms with Crippen molar-refractivity contribution in [3.63, 3.8) is 0 Å². The van der Waals surface area contributed by atoms with E-state index in [9.17, 15) is 5.11 Å². The number of hydrogen-bond donors (Lipinski definition) is 1. The van der Waals surface area contributed by atoms with Crippen molar-refractivity contribution in [3.8, 4) is 0 Å². The fourth-order valence-corrected chi connectivity index (χ4v) is 1.65. The highest BCUT2D eigenvalue weighted by atomic mass is 16.5. The Morgan fingerprint density at radius 2 is 1.42 bits per heavy atom. The van der Waals surface area contributed by atoms with E-state index in [-0.39, 0.29) is 0 Å². The van der Waals surface area contributed by atoms with Gasteiger partial charge in [0.05, 0.1) is 11.9 Å². The summed E-state index contributed by atoms with van der Waals surface area (Å²) in [5.74, 6) is 0. The molecule has 0 aliphatic carbocycles. The van der Waals surface area contributed by atoms with E-state index in [0.717, 1.165) is 6.42 Å². The molecule has 0 aromatic heterocycles. The van der Waals surface area contributed by atoms with E-state index in [1.54, 1.807) is 20.1 Å². The molecule has 0 spiro atoms. The molecule has 2 nitrogen and oxygen atoms in total. The smallest absolute Gasteiger partial charge is 0.130 e. The molecule has 0 atom stereocenters. The van der Waals surface area contributed by atoms with Crippen LogP contribution in [0.4, 0.5) is 0 Å². The lowest BCUT2D eigenvalue weighted by molar-refractivity contribution is -0.114. The lowest BCUT2D eigenvalue weighted by Gasteiger charge is -2.36. The SMILES string of the molecule is CCCCCCCCCC=COC(C)(C)C(C)(C)O. The molecule has 0 aliphatic rings. The first kappa shape index (κ1) is 18.5. The molecule has 0 saturated carbocycles. The topological polar surface area (TPSA) is 29.5 Å². The van der Waals surface area contributed by atoms with Crippen molar-refractivity contribution in [3.05, 3.63) is 12.3 Å². The maximum absolute atomic E-state index is 9.93. The van der Waals surface area contributed by atoms with Crippen LogP contribution in [0.3, 0.4) is 0 Å². The fraction of sp³-hybridized carbons (Fsp3) is 0.882. The quantitative estimate of drug-likeness (QED) is 0.412.